The maximum absolute atomic E-state index is 5.55. The van der Waals surface area contributed by atoms with Gasteiger partial charge in [0.25, 0.3) is 0 Å². The first kappa shape index (κ1) is 17.5. The van der Waals surface area contributed by atoms with Gasteiger partial charge in [0.1, 0.15) is 0 Å². The largest absolute Gasteiger partial charge is 0.454 e. The minimum Gasteiger partial charge on any atom is -0.454 e. The van der Waals surface area contributed by atoms with E-state index >= 15 is 0 Å². The Hall–Kier alpha value is -3.64. The van der Waals surface area contributed by atoms with Gasteiger partial charge >= 0.3 is 0 Å². The second-order valence-corrected chi connectivity index (χ2v) is 6.78. The highest BCUT2D eigenvalue weighted by Gasteiger charge is 2.18. The van der Waals surface area contributed by atoms with Crippen LogP contribution in [0.4, 0.5) is 0 Å². The summed E-state index contributed by atoms with van der Waals surface area (Å²) in [7, 11) is 0. The van der Waals surface area contributed by atoms with Gasteiger partial charge in [-0.15, -0.1) is 0 Å². The fourth-order valence-corrected chi connectivity index (χ4v) is 3.37. The number of para-hydroxylation sites is 1. The molecule has 4 aromatic rings. The van der Waals surface area contributed by atoms with Crippen molar-refractivity contribution in [1.82, 2.24) is 20.1 Å². The van der Waals surface area contributed by atoms with E-state index in [1.165, 1.54) is 0 Å². The Morgan fingerprint density at radius 3 is 2.62 bits per heavy atom. The summed E-state index contributed by atoms with van der Waals surface area (Å²) in [6, 6.07) is 22.0. The molecule has 0 saturated carbocycles. The molecule has 0 aliphatic carbocycles. The molecule has 3 heterocycles. The van der Waals surface area contributed by atoms with Crippen LogP contribution >= 0.6 is 0 Å². The molecule has 0 atom stereocenters. The molecular weight excluding hydrogens is 364 g/mol. The third-order valence-corrected chi connectivity index (χ3v) is 4.80. The Morgan fingerprint density at radius 1 is 0.897 bits per heavy atom. The molecule has 0 saturated heterocycles. The summed E-state index contributed by atoms with van der Waals surface area (Å²) < 4.78 is 12.9. The number of rotatable bonds is 6. The second kappa shape index (κ2) is 7.77. The number of pyridine rings is 1. The zero-order valence-electron chi connectivity index (χ0n) is 15.8. The second-order valence-electron chi connectivity index (χ2n) is 6.78. The van der Waals surface area contributed by atoms with Gasteiger partial charge in [0, 0.05) is 36.6 Å². The molecule has 0 amide bonds. The van der Waals surface area contributed by atoms with Crippen molar-refractivity contribution in [3.05, 3.63) is 90.4 Å². The molecule has 2 aromatic heterocycles. The summed E-state index contributed by atoms with van der Waals surface area (Å²) in [6.45, 7) is 1.63. The van der Waals surface area contributed by atoms with Gasteiger partial charge in [-0.05, 0) is 42.5 Å². The van der Waals surface area contributed by atoms with Gasteiger partial charge in [0.05, 0.1) is 17.1 Å². The molecule has 0 fully saturated rings. The van der Waals surface area contributed by atoms with Gasteiger partial charge in [-0.2, -0.15) is 5.10 Å². The van der Waals surface area contributed by atoms with Gasteiger partial charge in [0.15, 0.2) is 11.5 Å². The van der Waals surface area contributed by atoms with E-state index in [1.807, 2.05) is 77.6 Å². The molecule has 0 bridgehead atoms. The van der Waals surface area contributed by atoms with Crippen LogP contribution in [-0.2, 0) is 13.1 Å². The van der Waals surface area contributed by atoms with Crippen molar-refractivity contribution in [1.29, 1.82) is 0 Å². The van der Waals surface area contributed by atoms with Crippen LogP contribution in [0.3, 0.4) is 0 Å². The van der Waals surface area contributed by atoms with Crippen molar-refractivity contribution in [2.45, 2.75) is 13.1 Å². The van der Waals surface area contributed by atoms with Gasteiger partial charge < -0.3 is 14.8 Å². The van der Waals surface area contributed by atoms with Gasteiger partial charge in [0.2, 0.25) is 6.79 Å². The van der Waals surface area contributed by atoms with Crippen LogP contribution < -0.4 is 14.8 Å². The van der Waals surface area contributed by atoms with Gasteiger partial charge in [-0.3, -0.25) is 4.98 Å². The Bertz CT molecular complexity index is 1110. The van der Waals surface area contributed by atoms with E-state index < -0.39 is 0 Å². The number of nitrogens with zero attached hydrogens (tertiary/aromatic N) is 3. The number of hydrogen-bond acceptors (Lipinski definition) is 5. The van der Waals surface area contributed by atoms with Crippen LogP contribution in [0.25, 0.3) is 16.9 Å². The molecule has 2 aromatic carbocycles. The fourth-order valence-electron chi connectivity index (χ4n) is 3.37. The zero-order chi connectivity index (χ0) is 19.5. The van der Waals surface area contributed by atoms with Crippen molar-refractivity contribution in [3.8, 4) is 28.4 Å². The van der Waals surface area contributed by atoms with Gasteiger partial charge in [-0.1, -0.05) is 24.3 Å². The van der Waals surface area contributed by atoms with Crippen LogP contribution in [0.5, 0.6) is 11.5 Å². The van der Waals surface area contributed by atoms with Crippen LogP contribution in [0.1, 0.15) is 11.3 Å². The molecule has 0 spiro atoms. The lowest BCUT2D eigenvalue weighted by molar-refractivity contribution is 0.174. The summed E-state index contributed by atoms with van der Waals surface area (Å²) in [5.41, 5.74) is 5.04. The average molecular weight is 384 g/mol. The summed E-state index contributed by atoms with van der Waals surface area (Å²) >= 11 is 0. The van der Waals surface area contributed by atoms with Crippen LogP contribution in [0.2, 0.25) is 0 Å². The molecule has 6 nitrogen and oxygen atoms in total. The highest BCUT2D eigenvalue weighted by molar-refractivity contribution is 5.67. The SMILES string of the molecule is c1ccc(-n2cc(CNCc3ccccn3)c(-c3ccc4c(c3)OCO4)n2)cc1. The quantitative estimate of drug-likeness (QED) is 0.545. The minimum atomic E-state index is 0.260. The summed E-state index contributed by atoms with van der Waals surface area (Å²) in [5.74, 6) is 1.52. The van der Waals surface area contributed by atoms with Crippen molar-refractivity contribution in [2.75, 3.05) is 6.79 Å². The van der Waals surface area contributed by atoms with Crippen LogP contribution in [-0.4, -0.2) is 21.6 Å². The lowest BCUT2D eigenvalue weighted by Gasteiger charge is -2.06. The third-order valence-electron chi connectivity index (χ3n) is 4.80. The van der Waals surface area contributed by atoms with E-state index in [0.29, 0.717) is 13.1 Å². The number of nitrogens with one attached hydrogen (secondary N) is 1. The maximum atomic E-state index is 5.55. The summed E-state index contributed by atoms with van der Waals surface area (Å²) in [6.07, 6.45) is 3.88. The van der Waals surface area contributed by atoms with E-state index in [-0.39, 0.29) is 6.79 Å². The smallest absolute Gasteiger partial charge is 0.231 e. The van der Waals surface area contributed by atoms with Crippen molar-refractivity contribution < 1.29 is 9.47 Å². The van der Waals surface area contributed by atoms with Crippen LogP contribution in [0, 0.1) is 0 Å². The van der Waals surface area contributed by atoms with E-state index in [9.17, 15) is 0 Å². The number of benzene rings is 2. The monoisotopic (exact) mass is 384 g/mol. The Balaban J connectivity index is 1.46. The minimum absolute atomic E-state index is 0.260. The first-order valence-corrected chi connectivity index (χ1v) is 9.51. The first-order valence-electron chi connectivity index (χ1n) is 9.51. The van der Waals surface area contributed by atoms with E-state index in [0.717, 1.165) is 39.7 Å². The normalized spacial score (nSPS) is 12.3. The van der Waals surface area contributed by atoms with E-state index in [4.69, 9.17) is 14.6 Å². The Labute approximate surface area is 168 Å². The number of aromatic nitrogens is 3. The molecule has 1 N–H and O–H groups in total. The lowest BCUT2D eigenvalue weighted by Crippen LogP contribution is -2.13. The highest BCUT2D eigenvalue weighted by Crippen LogP contribution is 2.36. The molecule has 144 valence electrons. The lowest BCUT2D eigenvalue weighted by atomic mass is 10.1. The summed E-state index contributed by atoms with van der Waals surface area (Å²) in [5, 5.41) is 8.34. The molecule has 29 heavy (non-hydrogen) atoms. The Morgan fingerprint density at radius 2 is 1.76 bits per heavy atom. The predicted molar refractivity (Wildman–Crippen MR) is 110 cm³/mol. The Kier molecular flexibility index (Phi) is 4.68. The molecule has 1 aliphatic heterocycles. The molecule has 0 radical (unpaired) electrons. The summed E-state index contributed by atoms with van der Waals surface area (Å²) in [4.78, 5) is 4.37. The molecule has 1 aliphatic rings. The highest BCUT2D eigenvalue weighted by atomic mass is 16.7. The molecule has 6 heteroatoms. The van der Waals surface area contributed by atoms with E-state index in [1.54, 1.807) is 0 Å². The zero-order valence-corrected chi connectivity index (χ0v) is 15.8. The van der Waals surface area contributed by atoms with Crippen molar-refractivity contribution >= 4 is 0 Å². The topological polar surface area (TPSA) is 61.2 Å². The molecule has 5 rings (SSSR count). The fraction of sp³-hybridized carbons (Fsp3) is 0.130. The maximum Gasteiger partial charge on any atom is 0.231 e. The predicted octanol–water partition coefficient (Wildman–Crippen LogP) is 3.95. The van der Waals surface area contributed by atoms with Crippen molar-refractivity contribution in [2.24, 2.45) is 0 Å². The first-order chi connectivity index (χ1) is 14.4. The standard InChI is InChI=1S/C23H20N4O2/c1-2-7-20(8-3-1)27-15-18(13-24-14-19-6-4-5-11-25-19)23(26-27)17-9-10-21-22(12-17)29-16-28-21/h1-12,15,24H,13-14,16H2. The van der Waals surface area contributed by atoms with E-state index in [2.05, 4.69) is 16.5 Å². The molecular formula is C23H20N4O2. The number of ether oxygens (including phenoxy) is 2. The number of hydrogen-bond donors (Lipinski definition) is 1. The van der Waals surface area contributed by atoms with Crippen LogP contribution in [0.15, 0.2) is 79.1 Å². The van der Waals surface area contributed by atoms with Crippen molar-refractivity contribution in [3.63, 3.8) is 0 Å². The molecule has 0 unspecified atom stereocenters. The third kappa shape index (κ3) is 3.70. The average Bonchev–Trinajstić information content (AvgIpc) is 3.42. The van der Waals surface area contributed by atoms with Gasteiger partial charge in [-0.25, -0.2) is 4.68 Å². The number of fused-ring (bicyclic) bond motifs is 1.